The zero-order chi connectivity index (χ0) is 13.5. The Morgan fingerprint density at radius 3 is 2.67 bits per heavy atom. The number of aliphatic hydroxyl groups is 1. The maximum Gasteiger partial charge on any atom is 0.123 e. The van der Waals surface area contributed by atoms with Crippen molar-refractivity contribution in [2.24, 2.45) is 0 Å². The van der Waals surface area contributed by atoms with Gasteiger partial charge in [0.2, 0.25) is 0 Å². The lowest BCUT2D eigenvalue weighted by molar-refractivity contribution is 0.157. The van der Waals surface area contributed by atoms with Crippen LogP contribution in [0, 0.1) is 0 Å². The first-order valence-electron chi connectivity index (χ1n) is 6.44. The van der Waals surface area contributed by atoms with E-state index in [9.17, 15) is 0 Å². The Kier molecular flexibility index (Phi) is 5.95. The van der Waals surface area contributed by atoms with E-state index < -0.39 is 0 Å². The molecule has 0 unspecified atom stereocenters. The summed E-state index contributed by atoms with van der Waals surface area (Å²) < 4.78 is 5.61. The Morgan fingerprint density at radius 1 is 1.39 bits per heavy atom. The number of rotatable bonds is 7. The highest BCUT2D eigenvalue weighted by atomic mass is 16.5. The summed E-state index contributed by atoms with van der Waals surface area (Å²) in [5, 5.41) is 9.09. The van der Waals surface area contributed by atoms with Crippen LogP contribution in [0.5, 0.6) is 5.75 Å². The molecule has 4 heteroatoms. The number of nitrogens with two attached hydrogens (primary N) is 1. The van der Waals surface area contributed by atoms with Crippen molar-refractivity contribution in [3.8, 4) is 5.75 Å². The third kappa shape index (κ3) is 4.20. The van der Waals surface area contributed by atoms with Crippen molar-refractivity contribution >= 4 is 5.69 Å². The van der Waals surface area contributed by atoms with Crippen LogP contribution in [-0.2, 0) is 6.54 Å². The van der Waals surface area contributed by atoms with Gasteiger partial charge in [-0.1, -0.05) is 0 Å². The van der Waals surface area contributed by atoms with Crippen LogP contribution in [0.25, 0.3) is 0 Å². The lowest BCUT2D eigenvalue weighted by atomic mass is 10.1. The molecule has 3 N–H and O–H groups in total. The topological polar surface area (TPSA) is 58.7 Å². The van der Waals surface area contributed by atoms with Gasteiger partial charge < -0.3 is 15.6 Å². The third-order valence-electron chi connectivity index (χ3n) is 2.88. The Hall–Kier alpha value is -1.26. The number of nitrogen functional groups attached to an aromatic ring is 1. The minimum Gasteiger partial charge on any atom is -0.494 e. The van der Waals surface area contributed by atoms with E-state index in [-0.39, 0.29) is 6.61 Å². The van der Waals surface area contributed by atoms with Crippen LogP contribution in [-0.4, -0.2) is 35.8 Å². The molecule has 0 aromatic heterocycles. The van der Waals surface area contributed by atoms with E-state index in [1.165, 1.54) is 0 Å². The first-order chi connectivity index (χ1) is 8.58. The summed E-state index contributed by atoms with van der Waals surface area (Å²) in [6, 6.07) is 6.07. The molecule has 0 aliphatic rings. The van der Waals surface area contributed by atoms with Crippen LogP contribution in [0.3, 0.4) is 0 Å². The first-order valence-corrected chi connectivity index (χ1v) is 6.44. The summed E-state index contributed by atoms with van der Waals surface area (Å²) in [6.07, 6.45) is 0. The largest absolute Gasteiger partial charge is 0.494 e. The van der Waals surface area contributed by atoms with Gasteiger partial charge in [-0.25, -0.2) is 0 Å². The number of hydrogen-bond acceptors (Lipinski definition) is 4. The normalized spacial score (nSPS) is 11.2. The van der Waals surface area contributed by atoms with Gasteiger partial charge in [-0.2, -0.15) is 0 Å². The second-order valence-electron chi connectivity index (χ2n) is 4.59. The van der Waals surface area contributed by atoms with Gasteiger partial charge in [-0.15, -0.1) is 0 Å². The average Bonchev–Trinajstić information content (AvgIpc) is 2.32. The van der Waals surface area contributed by atoms with Crippen molar-refractivity contribution in [1.82, 2.24) is 4.90 Å². The quantitative estimate of drug-likeness (QED) is 0.727. The Balaban J connectivity index is 2.88. The average molecular weight is 252 g/mol. The van der Waals surface area contributed by atoms with Crippen LogP contribution < -0.4 is 10.5 Å². The molecular formula is C14H24N2O2. The molecule has 0 saturated carbocycles. The van der Waals surface area contributed by atoms with Crippen molar-refractivity contribution in [2.75, 3.05) is 25.5 Å². The van der Waals surface area contributed by atoms with Gasteiger partial charge in [0.05, 0.1) is 13.2 Å². The van der Waals surface area contributed by atoms with Gasteiger partial charge >= 0.3 is 0 Å². The maximum absolute atomic E-state index is 9.09. The summed E-state index contributed by atoms with van der Waals surface area (Å²) in [5.41, 5.74) is 7.63. The summed E-state index contributed by atoms with van der Waals surface area (Å²) in [4.78, 5) is 2.19. The second kappa shape index (κ2) is 7.24. The van der Waals surface area contributed by atoms with Gasteiger partial charge in [0.15, 0.2) is 0 Å². The van der Waals surface area contributed by atoms with Crippen LogP contribution in [0.15, 0.2) is 18.2 Å². The molecule has 4 nitrogen and oxygen atoms in total. The number of benzene rings is 1. The highest BCUT2D eigenvalue weighted by molar-refractivity contribution is 5.47. The number of aliphatic hydroxyl groups excluding tert-OH is 1. The highest BCUT2D eigenvalue weighted by Crippen LogP contribution is 2.23. The summed E-state index contributed by atoms with van der Waals surface area (Å²) >= 11 is 0. The summed E-state index contributed by atoms with van der Waals surface area (Å²) in [6.45, 7) is 8.37. The van der Waals surface area contributed by atoms with E-state index in [0.29, 0.717) is 19.2 Å². The third-order valence-corrected chi connectivity index (χ3v) is 2.88. The second-order valence-corrected chi connectivity index (χ2v) is 4.59. The fourth-order valence-corrected chi connectivity index (χ4v) is 1.89. The molecule has 0 spiro atoms. The van der Waals surface area contributed by atoms with E-state index in [2.05, 4.69) is 18.7 Å². The predicted octanol–water partition coefficient (Wildman–Crippen LogP) is 1.87. The minimum atomic E-state index is 0.157. The molecule has 18 heavy (non-hydrogen) atoms. The van der Waals surface area contributed by atoms with Gasteiger partial charge in [0.25, 0.3) is 0 Å². The SMILES string of the molecule is CCOc1ccc(N)cc1CN(CCO)C(C)C. The smallest absolute Gasteiger partial charge is 0.123 e. The Bertz CT molecular complexity index is 367. The van der Waals surface area contributed by atoms with Crippen molar-refractivity contribution in [2.45, 2.75) is 33.4 Å². The highest BCUT2D eigenvalue weighted by Gasteiger charge is 2.13. The van der Waals surface area contributed by atoms with Crippen molar-refractivity contribution in [1.29, 1.82) is 0 Å². The molecule has 0 fully saturated rings. The molecule has 0 amide bonds. The van der Waals surface area contributed by atoms with E-state index in [1.54, 1.807) is 0 Å². The molecule has 1 rings (SSSR count). The zero-order valence-electron chi connectivity index (χ0n) is 11.5. The molecule has 0 saturated heterocycles. The van der Waals surface area contributed by atoms with Gasteiger partial charge in [-0.3, -0.25) is 4.90 Å². The summed E-state index contributed by atoms with van der Waals surface area (Å²) in [7, 11) is 0. The lowest BCUT2D eigenvalue weighted by Gasteiger charge is -2.26. The standard InChI is InChI=1S/C14H24N2O2/c1-4-18-14-6-5-13(15)9-12(14)10-16(7-8-17)11(2)3/h5-6,9,11,17H,4,7-8,10,15H2,1-3H3. The molecule has 1 aromatic rings. The fraction of sp³-hybridized carbons (Fsp3) is 0.571. The molecule has 0 radical (unpaired) electrons. The van der Waals surface area contributed by atoms with Crippen molar-refractivity contribution in [3.05, 3.63) is 23.8 Å². The Morgan fingerprint density at radius 2 is 2.11 bits per heavy atom. The van der Waals surface area contributed by atoms with E-state index >= 15 is 0 Å². The first kappa shape index (κ1) is 14.8. The molecule has 0 aliphatic heterocycles. The minimum absolute atomic E-state index is 0.157. The molecule has 0 aliphatic carbocycles. The van der Waals surface area contributed by atoms with Gasteiger partial charge in [0.1, 0.15) is 5.75 Å². The number of nitrogens with zero attached hydrogens (tertiary/aromatic N) is 1. The van der Waals surface area contributed by atoms with Gasteiger partial charge in [-0.05, 0) is 39.0 Å². The maximum atomic E-state index is 9.09. The van der Waals surface area contributed by atoms with E-state index in [1.807, 2.05) is 25.1 Å². The molecule has 0 heterocycles. The fourth-order valence-electron chi connectivity index (χ4n) is 1.89. The van der Waals surface area contributed by atoms with Crippen LogP contribution in [0.1, 0.15) is 26.3 Å². The molecule has 1 aromatic carbocycles. The number of ether oxygens (including phenoxy) is 1. The zero-order valence-corrected chi connectivity index (χ0v) is 11.5. The Labute approximate surface area is 109 Å². The van der Waals surface area contributed by atoms with E-state index in [4.69, 9.17) is 15.6 Å². The van der Waals surface area contributed by atoms with Crippen molar-refractivity contribution in [3.63, 3.8) is 0 Å². The van der Waals surface area contributed by atoms with Gasteiger partial charge in [0, 0.05) is 30.4 Å². The van der Waals surface area contributed by atoms with Crippen molar-refractivity contribution < 1.29 is 9.84 Å². The van der Waals surface area contributed by atoms with E-state index in [0.717, 1.165) is 23.5 Å². The monoisotopic (exact) mass is 252 g/mol. The molecule has 102 valence electrons. The predicted molar refractivity (Wildman–Crippen MR) is 74.7 cm³/mol. The van der Waals surface area contributed by atoms with Crippen LogP contribution in [0.4, 0.5) is 5.69 Å². The van der Waals surface area contributed by atoms with Crippen LogP contribution >= 0.6 is 0 Å². The number of hydrogen-bond donors (Lipinski definition) is 2. The lowest BCUT2D eigenvalue weighted by Crippen LogP contribution is -2.33. The molecular weight excluding hydrogens is 228 g/mol. The molecule has 0 bridgehead atoms. The molecule has 0 atom stereocenters. The summed E-state index contributed by atoms with van der Waals surface area (Å²) in [5.74, 6) is 0.871. The number of anilines is 1. The van der Waals surface area contributed by atoms with Crippen LogP contribution in [0.2, 0.25) is 0 Å².